The second kappa shape index (κ2) is 7.11. The Balaban J connectivity index is 2.07. The average molecular weight is 311 g/mol. The fraction of sp³-hybridized carbons (Fsp3) is 0.533. The maximum absolute atomic E-state index is 12.6. The van der Waals surface area contributed by atoms with Crippen molar-refractivity contribution in [3.63, 3.8) is 0 Å². The SMILES string of the molecule is CCC(C)N1CCN(C(=O)c2cc(Cl)ccc2NN)CC1. The van der Waals surface area contributed by atoms with Crippen LogP contribution >= 0.6 is 11.6 Å². The Hall–Kier alpha value is -1.30. The number of rotatable bonds is 4. The molecule has 6 heteroatoms. The predicted octanol–water partition coefficient (Wildman–Crippen LogP) is 2.18. The first-order valence-electron chi connectivity index (χ1n) is 7.36. The second-order valence-corrected chi connectivity index (χ2v) is 5.86. The number of piperazine rings is 1. The van der Waals surface area contributed by atoms with Gasteiger partial charge in [-0.25, -0.2) is 0 Å². The number of hydrazine groups is 1. The minimum Gasteiger partial charge on any atom is -0.336 e. The van der Waals surface area contributed by atoms with Crippen molar-refractivity contribution in [2.24, 2.45) is 5.84 Å². The lowest BCUT2D eigenvalue weighted by Gasteiger charge is -2.38. The van der Waals surface area contributed by atoms with Gasteiger partial charge in [-0.2, -0.15) is 0 Å². The Kier molecular flexibility index (Phi) is 5.45. The number of amides is 1. The molecule has 1 amide bonds. The lowest BCUT2D eigenvalue weighted by molar-refractivity contribution is 0.0580. The molecule has 1 fully saturated rings. The number of nitrogens with zero attached hydrogens (tertiary/aromatic N) is 2. The zero-order chi connectivity index (χ0) is 15.4. The number of benzene rings is 1. The van der Waals surface area contributed by atoms with E-state index in [9.17, 15) is 4.79 Å². The van der Waals surface area contributed by atoms with E-state index >= 15 is 0 Å². The standard InChI is InChI=1S/C15H23ClN4O/c1-3-11(2)19-6-8-20(9-7-19)15(21)13-10-12(16)4-5-14(13)18-17/h4-5,10-11,18H,3,6-9,17H2,1-2H3. The van der Waals surface area contributed by atoms with Crippen LogP contribution in [0, 0.1) is 0 Å². The Morgan fingerprint density at radius 3 is 2.62 bits per heavy atom. The van der Waals surface area contributed by atoms with E-state index in [1.807, 2.05) is 4.90 Å². The fourth-order valence-corrected chi connectivity index (χ4v) is 2.79. The number of anilines is 1. The van der Waals surface area contributed by atoms with Crippen molar-refractivity contribution in [1.82, 2.24) is 9.80 Å². The number of hydrogen-bond acceptors (Lipinski definition) is 4. The summed E-state index contributed by atoms with van der Waals surface area (Å²) in [6, 6.07) is 5.68. The molecule has 0 radical (unpaired) electrons. The minimum atomic E-state index is -0.0192. The number of nitrogens with one attached hydrogen (secondary N) is 1. The molecule has 0 aliphatic carbocycles. The van der Waals surface area contributed by atoms with Crippen molar-refractivity contribution >= 4 is 23.2 Å². The lowest BCUT2D eigenvalue weighted by atomic mass is 10.1. The summed E-state index contributed by atoms with van der Waals surface area (Å²) in [6.07, 6.45) is 1.13. The summed E-state index contributed by atoms with van der Waals surface area (Å²) < 4.78 is 0. The minimum absolute atomic E-state index is 0.0192. The number of carbonyl (C=O) groups excluding carboxylic acids is 1. The van der Waals surface area contributed by atoms with Crippen LogP contribution in [0.2, 0.25) is 5.02 Å². The van der Waals surface area contributed by atoms with Crippen LogP contribution in [0.4, 0.5) is 5.69 Å². The van der Waals surface area contributed by atoms with E-state index in [1.165, 1.54) is 0 Å². The predicted molar refractivity (Wildman–Crippen MR) is 86.5 cm³/mol. The summed E-state index contributed by atoms with van der Waals surface area (Å²) in [5.74, 6) is 5.46. The van der Waals surface area contributed by atoms with Gasteiger partial charge < -0.3 is 10.3 Å². The molecule has 0 spiro atoms. The fourth-order valence-electron chi connectivity index (χ4n) is 2.61. The maximum Gasteiger partial charge on any atom is 0.256 e. The summed E-state index contributed by atoms with van der Waals surface area (Å²) >= 11 is 5.99. The summed E-state index contributed by atoms with van der Waals surface area (Å²) in [6.45, 7) is 7.71. The molecule has 0 saturated carbocycles. The highest BCUT2D eigenvalue weighted by molar-refractivity contribution is 6.31. The van der Waals surface area contributed by atoms with Gasteiger partial charge in [0.15, 0.2) is 0 Å². The molecule has 5 nitrogen and oxygen atoms in total. The average Bonchev–Trinajstić information content (AvgIpc) is 2.53. The topological polar surface area (TPSA) is 61.6 Å². The molecule has 116 valence electrons. The number of nitrogens with two attached hydrogens (primary N) is 1. The lowest BCUT2D eigenvalue weighted by Crippen LogP contribution is -2.51. The molecule has 2 rings (SSSR count). The first kappa shape index (κ1) is 16.1. The Morgan fingerprint density at radius 2 is 2.05 bits per heavy atom. The van der Waals surface area contributed by atoms with Crippen LogP contribution in [-0.2, 0) is 0 Å². The van der Waals surface area contributed by atoms with Crippen LogP contribution in [0.15, 0.2) is 18.2 Å². The van der Waals surface area contributed by atoms with Crippen LogP contribution in [0.5, 0.6) is 0 Å². The van der Waals surface area contributed by atoms with Gasteiger partial charge in [-0.1, -0.05) is 18.5 Å². The number of carbonyl (C=O) groups is 1. The van der Waals surface area contributed by atoms with Crippen molar-refractivity contribution in [3.05, 3.63) is 28.8 Å². The monoisotopic (exact) mass is 310 g/mol. The van der Waals surface area contributed by atoms with Crippen LogP contribution in [-0.4, -0.2) is 47.9 Å². The molecule has 21 heavy (non-hydrogen) atoms. The van der Waals surface area contributed by atoms with Gasteiger partial charge in [-0.05, 0) is 31.5 Å². The molecule has 1 aromatic rings. The summed E-state index contributed by atoms with van der Waals surface area (Å²) in [7, 11) is 0. The van der Waals surface area contributed by atoms with Gasteiger partial charge in [-0.15, -0.1) is 0 Å². The molecule has 0 aromatic heterocycles. The Morgan fingerprint density at radius 1 is 1.38 bits per heavy atom. The molecule has 1 aliphatic heterocycles. The highest BCUT2D eigenvalue weighted by Crippen LogP contribution is 2.22. The molecule has 1 aliphatic rings. The van der Waals surface area contributed by atoms with E-state index in [4.69, 9.17) is 17.4 Å². The van der Waals surface area contributed by atoms with Crippen LogP contribution in [0.25, 0.3) is 0 Å². The quantitative estimate of drug-likeness (QED) is 0.661. The van der Waals surface area contributed by atoms with Crippen molar-refractivity contribution in [1.29, 1.82) is 0 Å². The van der Waals surface area contributed by atoms with Gasteiger partial charge in [0.05, 0.1) is 11.3 Å². The Labute approximate surface area is 131 Å². The third-order valence-electron chi connectivity index (χ3n) is 4.18. The van der Waals surface area contributed by atoms with Gasteiger partial charge in [0, 0.05) is 37.2 Å². The van der Waals surface area contributed by atoms with E-state index in [2.05, 4.69) is 24.2 Å². The molecule has 1 saturated heterocycles. The highest BCUT2D eigenvalue weighted by Gasteiger charge is 2.25. The van der Waals surface area contributed by atoms with Gasteiger partial charge in [0.1, 0.15) is 0 Å². The van der Waals surface area contributed by atoms with E-state index in [-0.39, 0.29) is 5.91 Å². The van der Waals surface area contributed by atoms with Crippen molar-refractivity contribution in [2.75, 3.05) is 31.6 Å². The number of nitrogen functional groups attached to an aromatic ring is 1. The van der Waals surface area contributed by atoms with Crippen LogP contribution < -0.4 is 11.3 Å². The van der Waals surface area contributed by atoms with Crippen molar-refractivity contribution in [2.45, 2.75) is 26.3 Å². The van der Waals surface area contributed by atoms with Crippen LogP contribution in [0.3, 0.4) is 0 Å². The normalized spacial score (nSPS) is 17.6. The molecule has 1 heterocycles. The second-order valence-electron chi connectivity index (χ2n) is 5.42. The smallest absolute Gasteiger partial charge is 0.256 e. The summed E-state index contributed by atoms with van der Waals surface area (Å²) in [4.78, 5) is 16.9. The van der Waals surface area contributed by atoms with E-state index in [0.717, 1.165) is 32.6 Å². The molecular weight excluding hydrogens is 288 g/mol. The van der Waals surface area contributed by atoms with Gasteiger partial charge in [0.25, 0.3) is 5.91 Å². The molecule has 1 aromatic carbocycles. The largest absolute Gasteiger partial charge is 0.336 e. The van der Waals surface area contributed by atoms with E-state index in [1.54, 1.807) is 18.2 Å². The number of hydrogen-bond donors (Lipinski definition) is 2. The Bertz CT molecular complexity index is 500. The summed E-state index contributed by atoms with van der Waals surface area (Å²) in [5.41, 5.74) is 3.70. The molecule has 3 N–H and O–H groups in total. The maximum atomic E-state index is 12.6. The number of halogens is 1. The zero-order valence-corrected chi connectivity index (χ0v) is 13.4. The first-order valence-corrected chi connectivity index (χ1v) is 7.74. The third kappa shape index (κ3) is 3.67. The van der Waals surface area contributed by atoms with Gasteiger partial charge in [-0.3, -0.25) is 15.5 Å². The molecule has 1 unspecified atom stereocenters. The third-order valence-corrected chi connectivity index (χ3v) is 4.42. The van der Waals surface area contributed by atoms with Crippen LogP contribution in [0.1, 0.15) is 30.6 Å². The highest BCUT2D eigenvalue weighted by atomic mass is 35.5. The first-order chi connectivity index (χ1) is 10.1. The van der Waals surface area contributed by atoms with E-state index in [0.29, 0.717) is 22.3 Å². The van der Waals surface area contributed by atoms with Gasteiger partial charge in [0.2, 0.25) is 0 Å². The molecular formula is C15H23ClN4O. The van der Waals surface area contributed by atoms with Crippen molar-refractivity contribution in [3.8, 4) is 0 Å². The van der Waals surface area contributed by atoms with Gasteiger partial charge >= 0.3 is 0 Å². The molecule has 0 bridgehead atoms. The zero-order valence-electron chi connectivity index (χ0n) is 12.6. The van der Waals surface area contributed by atoms with Crippen molar-refractivity contribution < 1.29 is 4.79 Å². The summed E-state index contributed by atoms with van der Waals surface area (Å²) in [5, 5.41) is 0.538. The molecule has 1 atom stereocenters. The van der Waals surface area contributed by atoms with E-state index < -0.39 is 0 Å².